The van der Waals surface area contributed by atoms with E-state index in [1.807, 2.05) is 19.9 Å². The van der Waals surface area contributed by atoms with E-state index >= 15 is 0 Å². The summed E-state index contributed by atoms with van der Waals surface area (Å²) < 4.78 is 71.1. The van der Waals surface area contributed by atoms with Crippen molar-refractivity contribution in [2.24, 2.45) is 5.92 Å². The van der Waals surface area contributed by atoms with Crippen molar-refractivity contribution in [1.29, 1.82) is 0 Å². The number of amides is 2. The van der Waals surface area contributed by atoms with Crippen LogP contribution in [0, 0.1) is 5.92 Å². The fourth-order valence-electron chi connectivity index (χ4n) is 4.88. The number of nitrogens with zero attached hydrogens (tertiary/aromatic N) is 2. The van der Waals surface area contributed by atoms with Gasteiger partial charge in [0.1, 0.15) is 12.6 Å². The summed E-state index contributed by atoms with van der Waals surface area (Å²) in [5.41, 5.74) is -0.304. The molecule has 1 N–H and O–H groups in total. The van der Waals surface area contributed by atoms with Crippen molar-refractivity contribution in [3.63, 3.8) is 0 Å². The first-order valence-electron chi connectivity index (χ1n) is 15.0. The molecule has 1 atom stereocenters. The van der Waals surface area contributed by atoms with E-state index in [0.717, 1.165) is 22.2 Å². The molecule has 1 unspecified atom stereocenters. The molecule has 0 bridgehead atoms. The number of alkyl halides is 3. The molecule has 0 heterocycles. The summed E-state index contributed by atoms with van der Waals surface area (Å²) in [6, 6.07) is 24.2. The topological polar surface area (TPSA) is 86.8 Å². The number of halogens is 5. The van der Waals surface area contributed by atoms with Gasteiger partial charge in [-0.1, -0.05) is 102 Å². The Balaban J connectivity index is 1.86. The molecular formula is C35H34BrClF3N3O4S. The third kappa shape index (κ3) is 9.61. The van der Waals surface area contributed by atoms with E-state index in [4.69, 9.17) is 11.6 Å². The normalized spacial score (nSPS) is 12.4. The van der Waals surface area contributed by atoms with Gasteiger partial charge in [0.05, 0.1) is 21.2 Å². The molecule has 0 aliphatic rings. The van der Waals surface area contributed by atoms with Crippen LogP contribution in [0.25, 0.3) is 0 Å². The van der Waals surface area contributed by atoms with E-state index in [0.29, 0.717) is 22.5 Å². The number of hydrogen-bond acceptors (Lipinski definition) is 4. The van der Waals surface area contributed by atoms with Crippen LogP contribution in [-0.4, -0.2) is 44.3 Å². The molecule has 0 aliphatic carbocycles. The lowest BCUT2D eigenvalue weighted by Crippen LogP contribution is -2.53. The Morgan fingerprint density at radius 1 is 0.875 bits per heavy atom. The standard InChI is InChI=1S/C35H34BrClF3N3O4S/c1-24(2)21-41-34(45)32(19-25-9-5-3-6-10-25)42(22-26-13-16-28(36)17-14-26)33(44)23-43(48(46,47)29-11-7-4-8-12-29)31-20-27(35(38,39)40)15-18-30(31)37/h3-18,20,24,32H,19,21-23H2,1-2H3,(H,41,45). The molecule has 254 valence electrons. The molecule has 0 aliphatic heterocycles. The van der Waals surface area contributed by atoms with Crippen molar-refractivity contribution in [1.82, 2.24) is 10.2 Å². The summed E-state index contributed by atoms with van der Waals surface area (Å²) in [5, 5.41) is 2.57. The van der Waals surface area contributed by atoms with Crippen LogP contribution in [0.15, 0.2) is 112 Å². The molecular weight excluding hydrogens is 731 g/mol. The highest BCUT2D eigenvalue weighted by Crippen LogP contribution is 2.37. The van der Waals surface area contributed by atoms with E-state index in [9.17, 15) is 31.2 Å². The van der Waals surface area contributed by atoms with Gasteiger partial charge in [-0.2, -0.15) is 13.2 Å². The van der Waals surface area contributed by atoms with Crippen LogP contribution in [0.2, 0.25) is 5.02 Å². The number of rotatable bonds is 13. The van der Waals surface area contributed by atoms with Crippen LogP contribution in [0.4, 0.5) is 18.9 Å². The van der Waals surface area contributed by atoms with Crippen molar-refractivity contribution >= 4 is 55.1 Å². The maximum absolute atomic E-state index is 14.5. The lowest BCUT2D eigenvalue weighted by molar-refractivity contribution is -0.140. The molecule has 0 saturated carbocycles. The van der Waals surface area contributed by atoms with Crippen LogP contribution in [0.5, 0.6) is 0 Å². The van der Waals surface area contributed by atoms with E-state index in [1.165, 1.54) is 29.2 Å². The number of carbonyl (C=O) groups excluding carboxylic acids is 2. The van der Waals surface area contributed by atoms with Crippen LogP contribution in [0.3, 0.4) is 0 Å². The zero-order valence-corrected chi connectivity index (χ0v) is 29.3. The zero-order chi connectivity index (χ0) is 35.1. The Kier molecular flexibility index (Phi) is 12.3. The largest absolute Gasteiger partial charge is 0.416 e. The van der Waals surface area contributed by atoms with Gasteiger partial charge in [0.2, 0.25) is 11.8 Å². The molecule has 2 amide bonds. The SMILES string of the molecule is CC(C)CNC(=O)C(Cc1ccccc1)N(Cc1ccc(Br)cc1)C(=O)CN(c1cc(C(F)(F)F)ccc1Cl)S(=O)(=O)c1ccccc1. The minimum absolute atomic E-state index is 0.0861. The lowest BCUT2D eigenvalue weighted by atomic mass is 10.0. The zero-order valence-electron chi connectivity index (χ0n) is 26.1. The summed E-state index contributed by atoms with van der Waals surface area (Å²) >= 11 is 9.76. The highest BCUT2D eigenvalue weighted by atomic mass is 79.9. The molecule has 0 spiro atoms. The first-order valence-corrected chi connectivity index (χ1v) is 17.6. The summed E-state index contributed by atoms with van der Waals surface area (Å²) in [7, 11) is -4.64. The van der Waals surface area contributed by atoms with Crippen LogP contribution in [-0.2, 0) is 38.8 Å². The van der Waals surface area contributed by atoms with Gasteiger partial charge in [0.25, 0.3) is 10.0 Å². The lowest BCUT2D eigenvalue weighted by Gasteiger charge is -2.34. The maximum atomic E-state index is 14.5. The molecule has 0 radical (unpaired) electrons. The second-order valence-corrected chi connectivity index (χ2v) is 14.7. The first-order chi connectivity index (χ1) is 22.7. The van der Waals surface area contributed by atoms with Crippen molar-refractivity contribution < 1.29 is 31.2 Å². The number of carbonyl (C=O) groups is 2. The fraction of sp³-hybridized carbons (Fsp3) is 0.257. The third-order valence-electron chi connectivity index (χ3n) is 7.37. The van der Waals surface area contributed by atoms with E-state index in [2.05, 4.69) is 21.2 Å². The number of nitrogens with one attached hydrogen (secondary N) is 1. The fourth-order valence-corrected chi connectivity index (χ4v) is 6.86. The Hall–Kier alpha value is -3.87. The first kappa shape index (κ1) is 37.0. The summed E-state index contributed by atoms with van der Waals surface area (Å²) in [4.78, 5) is 29.3. The monoisotopic (exact) mass is 763 g/mol. The third-order valence-corrected chi connectivity index (χ3v) is 10.00. The highest BCUT2D eigenvalue weighted by molar-refractivity contribution is 9.10. The van der Waals surface area contributed by atoms with Crippen LogP contribution < -0.4 is 9.62 Å². The van der Waals surface area contributed by atoms with Crippen molar-refractivity contribution in [3.8, 4) is 0 Å². The van der Waals surface area contributed by atoms with Crippen molar-refractivity contribution in [2.45, 2.75) is 43.9 Å². The Morgan fingerprint density at radius 3 is 2.06 bits per heavy atom. The van der Waals surface area contributed by atoms with E-state index < -0.39 is 51.9 Å². The number of benzene rings is 4. The van der Waals surface area contributed by atoms with E-state index in [-0.39, 0.29) is 28.8 Å². The van der Waals surface area contributed by atoms with Gasteiger partial charge in [-0.15, -0.1) is 0 Å². The van der Waals surface area contributed by atoms with Gasteiger partial charge in [0.15, 0.2) is 0 Å². The minimum atomic E-state index is -4.82. The molecule has 0 saturated heterocycles. The van der Waals surface area contributed by atoms with Crippen molar-refractivity contribution in [3.05, 3.63) is 129 Å². The average molecular weight is 765 g/mol. The van der Waals surface area contributed by atoms with Gasteiger partial charge in [-0.3, -0.25) is 13.9 Å². The molecule has 0 fully saturated rings. The smallest absolute Gasteiger partial charge is 0.354 e. The number of anilines is 1. The van der Waals surface area contributed by atoms with Gasteiger partial charge in [-0.25, -0.2) is 8.42 Å². The summed E-state index contributed by atoms with van der Waals surface area (Å²) in [5.74, 6) is -1.20. The molecule has 48 heavy (non-hydrogen) atoms. The quantitative estimate of drug-likeness (QED) is 0.151. The summed E-state index contributed by atoms with van der Waals surface area (Å²) in [6.45, 7) is 3.11. The van der Waals surface area contributed by atoms with Gasteiger partial charge >= 0.3 is 6.18 Å². The molecule has 7 nitrogen and oxygen atoms in total. The maximum Gasteiger partial charge on any atom is 0.416 e. The Morgan fingerprint density at radius 2 is 1.48 bits per heavy atom. The average Bonchev–Trinajstić information content (AvgIpc) is 3.05. The van der Waals surface area contributed by atoms with Crippen LogP contribution >= 0.6 is 27.5 Å². The second kappa shape index (κ2) is 16.0. The van der Waals surface area contributed by atoms with Crippen LogP contribution in [0.1, 0.15) is 30.5 Å². The van der Waals surface area contributed by atoms with Crippen molar-refractivity contribution in [2.75, 3.05) is 17.4 Å². The number of hydrogen-bond donors (Lipinski definition) is 1. The predicted molar refractivity (Wildman–Crippen MR) is 184 cm³/mol. The predicted octanol–water partition coefficient (Wildman–Crippen LogP) is 7.73. The highest BCUT2D eigenvalue weighted by Gasteiger charge is 2.37. The Bertz CT molecular complexity index is 1810. The Labute approximate surface area is 291 Å². The summed E-state index contributed by atoms with van der Waals surface area (Å²) in [6.07, 6.45) is -4.74. The molecule has 4 rings (SSSR count). The minimum Gasteiger partial charge on any atom is -0.354 e. The van der Waals surface area contributed by atoms with E-state index in [1.54, 1.807) is 54.6 Å². The molecule has 4 aromatic rings. The molecule has 4 aromatic carbocycles. The number of sulfonamides is 1. The second-order valence-electron chi connectivity index (χ2n) is 11.5. The molecule has 13 heteroatoms. The van der Waals surface area contributed by atoms with Gasteiger partial charge < -0.3 is 10.2 Å². The van der Waals surface area contributed by atoms with Gasteiger partial charge in [-0.05, 0) is 59.5 Å². The molecule has 0 aromatic heterocycles. The van der Waals surface area contributed by atoms with Gasteiger partial charge in [0, 0.05) is 24.0 Å².